The SMILES string of the molecule is CCc1ncc(/C=C/CCCCc2ccc(Cl)cc2)[nH]1. The maximum absolute atomic E-state index is 5.87. The summed E-state index contributed by atoms with van der Waals surface area (Å²) >= 11 is 5.87. The average molecular weight is 289 g/mol. The molecule has 0 fully saturated rings. The van der Waals surface area contributed by atoms with Gasteiger partial charge in [-0.25, -0.2) is 4.98 Å². The van der Waals surface area contributed by atoms with E-state index >= 15 is 0 Å². The highest BCUT2D eigenvalue weighted by atomic mass is 35.5. The highest BCUT2D eigenvalue weighted by molar-refractivity contribution is 6.30. The Balaban J connectivity index is 1.65. The Bertz CT molecular complexity index is 540. The largest absolute Gasteiger partial charge is 0.343 e. The summed E-state index contributed by atoms with van der Waals surface area (Å²) in [6.07, 6.45) is 11.8. The molecule has 0 radical (unpaired) electrons. The lowest BCUT2D eigenvalue weighted by molar-refractivity contribution is 0.748. The first-order valence-electron chi connectivity index (χ1n) is 7.23. The predicted molar refractivity (Wildman–Crippen MR) is 86.0 cm³/mol. The van der Waals surface area contributed by atoms with E-state index in [-0.39, 0.29) is 0 Å². The van der Waals surface area contributed by atoms with Gasteiger partial charge in [-0.05, 0) is 49.5 Å². The van der Waals surface area contributed by atoms with Gasteiger partial charge in [0.1, 0.15) is 5.82 Å². The minimum absolute atomic E-state index is 0.808. The van der Waals surface area contributed by atoms with Crippen molar-refractivity contribution in [1.29, 1.82) is 0 Å². The maximum atomic E-state index is 5.87. The second kappa shape index (κ2) is 7.91. The zero-order valence-electron chi connectivity index (χ0n) is 11.9. The first-order chi connectivity index (χ1) is 9.78. The topological polar surface area (TPSA) is 28.7 Å². The van der Waals surface area contributed by atoms with Crippen LogP contribution in [0.5, 0.6) is 0 Å². The number of aromatic amines is 1. The van der Waals surface area contributed by atoms with Gasteiger partial charge in [-0.2, -0.15) is 0 Å². The van der Waals surface area contributed by atoms with Crippen LogP contribution < -0.4 is 0 Å². The fraction of sp³-hybridized carbons (Fsp3) is 0.353. The molecule has 0 atom stereocenters. The van der Waals surface area contributed by atoms with Crippen LogP contribution in [0.2, 0.25) is 5.02 Å². The molecule has 0 unspecified atom stereocenters. The Morgan fingerprint density at radius 1 is 1.20 bits per heavy atom. The third-order valence-electron chi connectivity index (χ3n) is 3.28. The summed E-state index contributed by atoms with van der Waals surface area (Å²) in [5.41, 5.74) is 2.46. The molecule has 2 aromatic rings. The third kappa shape index (κ3) is 4.86. The molecule has 1 aromatic carbocycles. The summed E-state index contributed by atoms with van der Waals surface area (Å²) in [6.45, 7) is 2.10. The van der Waals surface area contributed by atoms with Gasteiger partial charge in [-0.3, -0.25) is 0 Å². The number of unbranched alkanes of at least 4 members (excludes halogenated alkanes) is 2. The zero-order chi connectivity index (χ0) is 14.2. The number of halogens is 1. The van der Waals surface area contributed by atoms with Gasteiger partial charge >= 0.3 is 0 Å². The van der Waals surface area contributed by atoms with Gasteiger partial charge in [0.15, 0.2) is 0 Å². The molecule has 0 aliphatic rings. The molecule has 0 saturated carbocycles. The van der Waals surface area contributed by atoms with E-state index in [4.69, 9.17) is 11.6 Å². The number of aryl methyl sites for hydroxylation is 2. The molecule has 106 valence electrons. The maximum Gasteiger partial charge on any atom is 0.106 e. The molecule has 1 heterocycles. The minimum Gasteiger partial charge on any atom is -0.343 e. The molecule has 1 aromatic heterocycles. The first-order valence-corrected chi connectivity index (χ1v) is 7.60. The summed E-state index contributed by atoms with van der Waals surface area (Å²) in [5, 5.41) is 0.808. The number of hydrogen-bond acceptors (Lipinski definition) is 1. The Morgan fingerprint density at radius 2 is 2.00 bits per heavy atom. The van der Waals surface area contributed by atoms with Crippen molar-refractivity contribution in [2.24, 2.45) is 0 Å². The van der Waals surface area contributed by atoms with Gasteiger partial charge in [0.25, 0.3) is 0 Å². The Labute approximate surface area is 125 Å². The van der Waals surface area contributed by atoms with E-state index in [0.29, 0.717) is 0 Å². The fourth-order valence-corrected chi connectivity index (χ4v) is 2.22. The zero-order valence-corrected chi connectivity index (χ0v) is 12.7. The number of benzene rings is 1. The number of nitrogens with zero attached hydrogens (tertiary/aromatic N) is 1. The van der Waals surface area contributed by atoms with Crippen LogP contribution in [0.4, 0.5) is 0 Å². The van der Waals surface area contributed by atoms with Crippen molar-refractivity contribution in [1.82, 2.24) is 9.97 Å². The number of allylic oxidation sites excluding steroid dienone is 1. The number of rotatable bonds is 7. The number of H-pyrrole nitrogens is 1. The van der Waals surface area contributed by atoms with Crippen LogP contribution in [0.25, 0.3) is 6.08 Å². The van der Waals surface area contributed by atoms with Crippen LogP contribution in [0.3, 0.4) is 0 Å². The van der Waals surface area contributed by atoms with E-state index in [1.807, 2.05) is 18.3 Å². The molecule has 0 spiro atoms. The summed E-state index contributed by atoms with van der Waals surface area (Å²) < 4.78 is 0. The van der Waals surface area contributed by atoms with Gasteiger partial charge in [0.05, 0.1) is 11.9 Å². The summed E-state index contributed by atoms with van der Waals surface area (Å²) in [4.78, 5) is 7.55. The molecular weight excluding hydrogens is 268 g/mol. The van der Waals surface area contributed by atoms with Crippen molar-refractivity contribution in [3.63, 3.8) is 0 Å². The normalized spacial score (nSPS) is 11.3. The van der Waals surface area contributed by atoms with Crippen molar-refractivity contribution in [2.45, 2.75) is 39.0 Å². The monoisotopic (exact) mass is 288 g/mol. The van der Waals surface area contributed by atoms with Crippen molar-refractivity contribution < 1.29 is 0 Å². The number of aromatic nitrogens is 2. The van der Waals surface area contributed by atoms with Gasteiger partial charge < -0.3 is 4.98 Å². The fourth-order valence-electron chi connectivity index (χ4n) is 2.10. The van der Waals surface area contributed by atoms with Crippen LogP contribution in [-0.4, -0.2) is 9.97 Å². The van der Waals surface area contributed by atoms with Crippen molar-refractivity contribution in [2.75, 3.05) is 0 Å². The second-order valence-electron chi connectivity index (χ2n) is 4.91. The Hall–Kier alpha value is -1.54. The van der Waals surface area contributed by atoms with Crippen LogP contribution in [-0.2, 0) is 12.8 Å². The van der Waals surface area contributed by atoms with Gasteiger partial charge in [0, 0.05) is 11.4 Å². The lowest BCUT2D eigenvalue weighted by Crippen LogP contribution is -1.84. The summed E-state index contributed by atoms with van der Waals surface area (Å²) in [7, 11) is 0. The molecule has 0 amide bonds. The van der Waals surface area contributed by atoms with Crippen LogP contribution >= 0.6 is 11.6 Å². The summed E-state index contributed by atoms with van der Waals surface area (Å²) in [5.74, 6) is 1.05. The van der Waals surface area contributed by atoms with Crippen molar-refractivity contribution >= 4 is 17.7 Å². The molecule has 0 saturated heterocycles. The third-order valence-corrected chi connectivity index (χ3v) is 3.53. The predicted octanol–water partition coefficient (Wildman–Crippen LogP) is 5.05. The minimum atomic E-state index is 0.808. The number of nitrogens with one attached hydrogen (secondary N) is 1. The molecule has 3 heteroatoms. The second-order valence-corrected chi connectivity index (χ2v) is 5.35. The lowest BCUT2D eigenvalue weighted by Gasteiger charge is -2.00. The number of hydrogen-bond donors (Lipinski definition) is 1. The standard InChI is InChI=1S/C17H21ClN2/c1-2-17-19-13-16(20-17)8-6-4-3-5-7-14-9-11-15(18)12-10-14/h6,8-13H,2-5,7H2,1H3,(H,19,20)/b8-6+. The van der Waals surface area contributed by atoms with Gasteiger partial charge in [0.2, 0.25) is 0 Å². The van der Waals surface area contributed by atoms with Crippen molar-refractivity contribution in [3.8, 4) is 0 Å². The van der Waals surface area contributed by atoms with Crippen molar-refractivity contribution in [3.05, 3.63) is 58.6 Å². The van der Waals surface area contributed by atoms with Gasteiger partial charge in [-0.1, -0.05) is 36.7 Å². The van der Waals surface area contributed by atoms with E-state index < -0.39 is 0 Å². The van der Waals surface area contributed by atoms with E-state index in [0.717, 1.165) is 35.8 Å². The Kier molecular flexibility index (Phi) is 5.87. The first kappa shape index (κ1) is 14.9. The molecule has 0 aliphatic heterocycles. The molecule has 20 heavy (non-hydrogen) atoms. The molecule has 2 rings (SSSR count). The molecule has 0 aliphatic carbocycles. The number of imidazole rings is 1. The van der Waals surface area contributed by atoms with Gasteiger partial charge in [-0.15, -0.1) is 0 Å². The van der Waals surface area contributed by atoms with Crippen LogP contribution in [0, 0.1) is 0 Å². The smallest absolute Gasteiger partial charge is 0.106 e. The van der Waals surface area contributed by atoms with E-state index in [9.17, 15) is 0 Å². The van der Waals surface area contributed by atoms with Crippen LogP contribution in [0.1, 0.15) is 43.3 Å². The average Bonchev–Trinajstić information content (AvgIpc) is 2.92. The quantitative estimate of drug-likeness (QED) is 0.710. The highest BCUT2D eigenvalue weighted by Gasteiger charge is 1.95. The van der Waals surface area contributed by atoms with E-state index in [1.54, 1.807) is 0 Å². The Morgan fingerprint density at radius 3 is 2.70 bits per heavy atom. The van der Waals surface area contributed by atoms with Crippen LogP contribution in [0.15, 0.2) is 36.5 Å². The van der Waals surface area contributed by atoms with E-state index in [2.05, 4.69) is 41.2 Å². The lowest BCUT2D eigenvalue weighted by atomic mass is 10.1. The molecule has 1 N–H and O–H groups in total. The molecule has 0 bridgehead atoms. The van der Waals surface area contributed by atoms with E-state index in [1.165, 1.54) is 18.4 Å². The molecule has 2 nitrogen and oxygen atoms in total. The molecular formula is C17H21ClN2. The summed E-state index contributed by atoms with van der Waals surface area (Å²) in [6, 6.07) is 8.13. The highest BCUT2D eigenvalue weighted by Crippen LogP contribution is 2.12.